The molecule has 118 valence electrons. The normalized spacial score (nSPS) is 18.4. The molecule has 1 aliphatic carbocycles. The number of hydrogen-bond acceptors (Lipinski definition) is 3. The second-order valence-corrected chi connectivity index (χ2v) is 6.54. The van der Waals surface area contributed by atoms with Gasteiger partial charge in [-0.1, -0.05) is 36.4 Å². The standard InChI is InChI=1S/C17H17ClN4O/c1-21-16(18)19-14(20-21)15(23)22-10-8-17(9-11-22)7-6-12-4-2-3-5-13(12)17/h2-7H,8-11H2,1H3. The predicted octanol–water partition coefficient (Wildman–Crippen LogP) is 2.67. The van der Waals surface area contributed by atoms with Gasteiger partial charge in [-0.15, -0.1) is 5.10 Å². The van der Waals surface area contributed by atoms with Crippen LogP contribution in [0.5, 0.6) is 0 Å². The minimum absolute atomic E-state index is 0.0720. The van der Waals surface area contributed by atoms with Gasteiger partial charge in [0.05, 0.1) is 0 Å². The third kappa shape index (κ3) is 2.27. The third-order valence-corrected chi connectivity index (χ3v) is 5.25. The predicted molar refractivity (Wildman–Crippen MR) is 88.3 cm³/mol. The largest absolute Gasteiger partial charge is 0.336 e. The molecule has 23 heavy (non-hydrogen) atoms. The average molecular weight is 329 g/mol. The second kappa shape index (κ2) is 5.20. The lowest BCUT2D eigenvalue weighted by Gasteiger charge is -2.38. The molecular formula is C17H17ClN4O. The molecule has 1 fully saturated rings. The number of nitrogens with zero attached hydrogens (tertiary/aromatic N) is 4. The van der Waals surface area contributed by atoms with Gasteiger partial charge < -0.3 is 4.90 Å². The number of halogens is 1. The van der Waals surface area contributed by atoms with Crippen LogP contribution in [0.2, 0.25) is 5.28 Å². The van der Waals surface area contributed by atoms with E-state index in [4.69, 9.17) is 11.6 Å². The fourth-order valence-corrected chi connectivity index (χ4v) is 3.69. The minimum Gasteiger partial charge on any atom is -0.336 e. The lowest BCUT2D eigenvalue weighted by molar-refractivity contribution is 0.0677. The average Bonchev–Trinajstić information content (AvgIpc) is 3.10. The number of amides is 1. The van der Waals surface area contributed by atoms with Crippen molar-refractivity contribution in [2.24, 2.45) is 7.05 Å². The van der Waals surface area contributed by atoms with Crippen LogP contribution >= 0.6 is 11.6 Å². The SMILES string of the molecule is Cn1nc(C(=O)N2CCC3(C=Cc4ccccc43)CC2)nc1Cl. The van der Waals surface area contributed by atoms with E-state index >= 15 is 0 Å². The Bertz CT molecular complexity index is 783. The van der Waals surface area contributed by atoms with Crippen LogP contribution < -0.4 is 0 Å². The molecule has 1 aliphatic heterocycles. The molecule has 1 aromatic carbocycles. The topological polar surface area (TPSA) is 51.0 Å². The van der Waals surface area contributed by atoms with Crippen molar-refractivity contribution in [3.8, 4) is 0 Å². The number of carbonyl (C=O) groups excluding carboxylic acids is 1. The quantitative estimate of drug-likeness (QED) is 0.808. The van der Waals surface area contributed by atoms with Gasteiger partial charge in [-0.3, -0.25) is 4.79 Å². The van der Waals surface area contributed by atoms with E-state index in [0.29, 0.717) is 13.1 Å². The van der Waals surface area contributed by atoms with E-state index in [2.05, 4.69) is 46.5 Å². The van der Waals surface area contributed by atoms with Gasteiger partial charge in [-0.2, -0.15) is 4.98 Å². The number of aromatic nitrogens is 3. The molecule has 1 spiro atoms. The Morgan fingerprint density at radius 3 is 2.70 bits per heavy atom. The number of carbonyl (C=O) groups is 1. The summed E-state index contributed by atoms with van der Waals surface area (Å²) in [5, 5.41) is 4.31. The molecule has 0 saturated carbocycles. The van der Waals surface area contributed by atoms with Crippen LogP contribution in [0.1, 0.15) is 34.6 Å². The highest BCUT2D eigenvalue weighted by molar-refractivity contribution is 6.28. The molecule has 1 saturated heterocycles. The summed E-state index contributed by atoms with van der Waals surface area (Å²) in [5.74, 6) is 0.0356. The molecule has 0 radical (unpaired) electrons. The number of piperidine rings is 1. The zero-order valence-corrected chi connectivity index (χ0v) is 13.6. The van der Waals surface area contributed by atoms with E-state index in [1.807, 2.05) is 4.90 Å². The minimum atomic E-state index is -0.141. The molecule has 0 atom stereocenters. The first-order chi connectivity index (χ1) is 11.1. The van der Waals surface area contributed by atoms with Gasteiger partial charge in [0, 0.05) is 25.6 Å². The Morgan fingerprint density at radius 1 is 1.26 bits per heavy atom. The van der Waals surface area contributed by atoms with Crippen LogP contribution in [0.4, 0.5) is 0 Å². The van der Waals surface area contributed by atoms with Crippen LogP contribution in [0.3, 0.4) is 0 Å². The number of hydrogen-bond donors (Lipinski definition) is 0. The van der Waals surface area contributed by atoms with Gasteiger partial charge in [-0.25, -0.2) is 4.68 Å². The van der Waals surface area contributed by atoms with E-state index in [9.17, 15) is 4.79 Å². The van der Waals surface area contributed by atoms with Gasteiger partial charge in [0.2, 0.25) is 11.1 Å². The molecule has 4 rings (SSSR count). The highest BCUT2D eigenvalue weighted by Crippen LogP contribution is 2.43. The summed E-state index contributed by atoms with van der Waals surface area (Å²) in [6, 6.07) is 8.51. The molecule has 0 bridgehead atoms. The monoisotopic (exact) mass is 328 g/mol. The van der Waals surface area contributed by atoms with E-state index < -0.39 is 0 Å². The summed E-state index contributed by atoms with van der Waals surface area (Å²) in [5.41, 5.74) is 2.75. The van der Waals surface area contributed by atoms with Gasteiger partial charge in [0.1, 0.15) is 0 Å². The van der Waals surface area contributed by atoms with Gasteiger partial charge >= 0.3 is 0 Å². The van der Waals surface area contributed by atoms with Crippen molar-refractivity contribution in [3.63, 3.8) is 0 Å². The Labute approximate surface area is 139 Å². The summed E-state index contributed by atoms with van der Waals surface area (Å²) < 4.78 is 1.41. The molecule has 2 aliphatic rings. The van der Waals surface area contributed by atoms with Crippen molar-refractivity contribution in [2.75, 3.05) is 13.1 Å². The van der Waals surface area contributed by atoms with E-state index in [1.54, 1.807) is 7.05 Å². The van der Waals surface area contributed by atoms with Crippen LogP contribution in [-0.4, -0.2) is 38.7 Å². The molecule has 1 aromatic heterocycles. The fraction of sp³-hybridized carbons (Fsp3) is 0.353. The zero-order chi connectivity index (χ0) is 16.0. The molecule has 0 N–H and O–H groups in total. The van der Waals surface area contributed by atoms with E-state index in [0.717, 1.165) is 12.8 Å². The van der Waals surface area contributed by atoms with Crippen molar-refractivity contribution >= 4 is 23.6 Å². The fourth-order valence-electron chi connectivity index (χ4n) is 3.58. The summed E-state index contributed by atoms with van der Waals surface area (Å²) in [4.78, 5) is 18.4. The number of likely N-dealkylation sites (tertiary alicyclic amines) is 1. The molecule has 6 heteroatoms. The summed E-state index contributed by atoms with van der Waals surface area (Å²) in [6.45, 7) is 1.40. The molecule has 0 unspecified atom stereocenters. The maximum Gasteiger partial charge on any atom is 0.293 e. The molecule has 5 nitrogen and oxygen atoms in total. The zero-order valence-electron chi connectivity index (χ0n) is 12.9. The molecule has 2 heterocycles. The Morgan fingerprint density at radius 2 is 2.00 bits per heavy atom. The lowest BCUT2D eigenvalue weighted by atomic mass is 9.74. The van der Waals surface area contributed by atoms with Crippen LogP contribution in [0.25, 0.3) is 6.08 Å². The van der Waals surface area contributed by atoms with Gasteiger partial charge in [0.15, 0.2) is 0 Å². The Kier molecular flexibility index (Phi) is 3.27. The maximum atomic E-state index is 12.5. The summed E-state index contributed by atoms with van der Waals surface area (Å²) in [6.07, 6.45) is 6.35. The summed E-state index contributed by atoms with van der Waals surface area (Å²) in [7, 11) is 1.68. The Balaban J connectivity index is 1.52. The lowest BCUT2D eigenvalue weighted by Crippen LogP contribution is -2.44. The molecular weight excluding hydrogens is 312 g/mol. The van der Waals surface area contributed by atoms with Crippen molar-refractivity contribution < 1.29 is 4.79 Å². The van der Waals surface area contributed by atoms with E-state index in [1.165, 1.54) is 15.8 Å². The van der Waals surface area contributed by atoms with Crippen molar-refractivity contribution in [1.29, 1.82) is 0 Å². The second-order valence-electron chi connectivity index (χ2n) is 6.20. The van der Waals surface area contributed by atoms with Crippen molar-refractivity contribution in [3.05, 3.63) is 52.6 Å². The van der Waals surface area contributed by atoms with Crippen LogP contribution in [0, 0.1) is 0 Å². The van der Waals surface area contributed by atoms with Gasteiger partial charge in [0.25, 0.3) is 5.91 Å². The first kappa shape index (κ1) is 14.5. The van der Waals surface area contributed by atoms with Crippen LogP contribution in [-0.2, 0) is 12.5 Å². The molecule has 1 amide bonds. The number of aryl methyl sites for hydroxylation is 1. The summed E-state index contributed by atoms with van der Waals surface area (Å²) >= 11 is 5.88. The van der Waals surface area contributed by atoms with Gasteiger partial charge in [-0.05, 0) is 35.6 Å². The van der Waals surface area contributed by atoms with Crippen LogP contribution in [0.15, 0.2) is 30.3 Å². The Hall–Kier alpha value is -2.14. The number of benzene rings is 1. The smallest absolute Gasteiger partial charge is 0.293 e. The number of allylic oxidation sites excluding steroid dienone is 1. The molecule has 2 aromatic rings. The highest BCUT2D eigenvalue weighted by atomic mass is 35.5. The van der Waals surface area contributed by atoms with Crippen molar-refractivity contribution in [1.82, 2.24) is 19.7 Å². The number of fused-ring (bicyclic) bond motifs is 2. The maximum absolute atomic E-state index is 12.5. The van der Waals surface area contributed by atoms with E-state index in [-0.39, 0.29) is 22.4 Å². The first-order valence-corrected chi connectivity index (χ1v) is 8.11. The third-order valence-electron chi connectivity index (χ3n) is 4.92. The highest BCUT2D eigenvalue weighted by Gasteiger charge is 2.39. The first-order valence-electron chi connectivity index (χ1n) is 7.74. The van der Waals surface area contributed by atoms with Crippen molar-refractivity contribution in [2.45, 2.75) is 18.3 Å². The number of rotatable bonds is 1.